The fourth-order valence-corrected chi connectivity index (χ4v) is 4.66. The first kappa shape index (κ1) is 19.8. The van der Waals surface area contributed by atoms with Gasteiger partial charge in [-0.3, -0.25) is 9.80 Å². The number of ether oxygens (including phenoxy) is 1. The van der Waals surface area contributed by atoms with Crippen LogP contribution in [0.25, 0.3) is 5.57 Å². The third kappa shape index (κ3) is 3.29. The van der Waals surface area contributed by atoms with Crippen LogP contribution < -0.4 is 9.80 Å². The van der Waals surface area contributed by atoms with E-state index in [1.165, 1.54) is 27.8 Å². The maximum Gasteiger partial charge on any atom is 0.221 e. The van der Waals surface area contributed by atoms with Crippen molar-refractivity contribution in [2.24, 2.45) is 5.92 Å². The average Bonchev–Trinajstić information content (AvgIpc) is 3.21. The van der Waals surface area contributed by atoms with Crippen LogP contribution in [0.4, 0.5) is 23.0 Å². The molecule has 5 heteroatoms. The molecule has 0 saturated carbocycles. The smallest absolute Gasteiger partial charge is 0.221 e. The summed E-state index contributed by atoms with van der Waals surface area (Å²) in [7, 11) is 0. The van der Waals surface area contributed by atoms with Crippen LogP contribution in [0.2, 0.25) is 0 Å². The second-order valence-electron chi connectivity index (χ2n) is 8.44. The minimum absolute atomic E-state index is 0.356. The number of nitrogens with zero attached hydrogens (tertiary/aromatic N) is 4. The number of aromatic nitrogens is 2. The molecule has 2 unspecified atom stereocenters. The van der Waals surface area contributed by atoms with Gasteiger partial charge in [0.25, 0.3) is 0 Å². The van der Waals surface area contributed by atoms with Gasteiger partial charge in [0.15, 0.2) is 11.6 Å². The van der Waals surface area contributed by atoms with Gasteiger partial charge >= 0.3 is 0 Å². The molecule has 0 N–H and O–H groups in total. The standard InChI is InChI=1S/C26H28N4O/c1-6-31-26-29(21-9-7-8-20(15-21)23-18(4)19(23)5)24-25(28-11-10-27-24)30(26)22-13-16(2)12-17(3)14-22/h7-15,18,26H,6H2,1-5H3. The van der Waals surface area contributed by atoms with E-state index in [1.807, 2.05) is 6.92 Å². The van der Waals surface area contributed by atoms with Gasteiger partial charge in [0.1, 0.15) is 0 Å². The van der Waals surface area contributed by atoms with E-state index in [2.05, 4.69) is 80.0 Å². The van der Waals surface area contributed by atoms with Gasteiger partial charge < -0.3 is 4.74 Å². The SMILES string of the molecule is CCOC1N(c2cc(C)cc(C)c2)c2nccnc2N1c1cccc(C2=C(C)C2C)c1. The third-order valence-corrected chi connectivity index (χ3v) is 6.22. The fraction of sp³-hybridized carbons (Fsp3) is 0.308. The highest BCUT2D eigenvalue weighted by Gasteiger charge is 2.41. The zero-order valence-corrected chi connectivity index (χ0v) is 18.8. The number of aryl methyl sites for hydroxylation is 2. The van der Waals surface area contributed by atoms with Crippen LogP contribution in [0.3, 0.4) is 0 Å². The lowest BCUT2D eigenvalue weighted by Crippen LogP contribution is -2.41. The lowest BCUT2D eigenvalue weighted by molar-refractivity contribution is 0.0767. The molecular weight excluding hydrogens is 384 g/mol. The maximum atomic E-state index is 6.32. The molecule has 31 heavy (non-hydrogen) atoms. The summed E-state index contributed by atoms with van der Waals surface area (Å²) in [6, 6.07) is 15.2. The Bertz CT molecular complexity index is 1170. The Kier molecular flexibility index (Phi) is 4.78. The molecule has 2 heterocycles. The minimum Gasteiger partial charge on any atom is -0.340 e. The van der Waals surface area contributed by atoms with Gasteiger partial charge in [0.2, 0.25) is 6.35 Å². The molecule has 1 aromatic heterocycles. The summed E-state index contributed by atoms with van der Waals surface area (Å²) in [5.41, 5.74) is 8.72. The summed E-state index contributed by atoms with van der Waals surface area (Å²) in [4.78, 5) is 13.7. The summed E-state index contributed by atoms with van der Waals surface area (Å²) in [6.45, 7) is 11.3. The van der Waals surface area contributed by atoms with Crippen molar-refractivity contribution in [1.29, 1.82) is 0 Å². The van der Waals surface area contributed by atoms with Crippen molar-refractivity contribution in [1.82, 2.24) is 9.97 Å². The Hall–Kier alpha value is -3.18. The summed E-state index contributed by atoms with van der Waals surface area (Å²) in [5, 5.41) is 0. The van der Waals surface area contributed by atoms with Gasteiger partial charge in [-0.25, -0.2) is 9.97 Å². The predicted molar refractivity (Wildman–Crippen MR) is 126 cm³/mol. The van der Waals surface area contributed by atoms with E-state index in [0.717, 1.165) is 23.0 Å². The number of hydrogen-bond donors (Lipinski definition) is 0. The van der Waals surface area contributed by atoms with Crippen LogP contribution in [0.1, 0.15) is 37.5 Å². The molecule has 0 radical (unpaired) electrons. The summed E-state index contributed by atoms with van der Waals surface area (Å²) < 4.78 is 6.32. The molecule has 2 aliphatic rings. The van der Waals surface area contributed by atoms with Crippen molar-refractivity contribution in [3.8, 4) is 0 Å². The summed E-state index contributed by atoms with van der Waals surface area (Å²) >= 11 is 0. The largest absolute Gasteiger partial charge is 0.340 e. The van der Waals surface area contributed by atoms with Crippen LogP contribution >= 0.6 is 0 Å². The Morgan fingerprint density at radius 3 is 2.06 bits per heavy atom. The lowest BCUT2D eigenvalue weighted by atomic mass is 10.1. The molecule has 1 aliphatic carbocycles. The molecule has 0 amide bonds. The van der Waals surface area contributed by atoms with Crippen LogP contribution in [-0.2, 0) is 4.74 Å². The molecule has 158 valence electrons. The Balaban J connectivity index is 1.65. The quantitative estimate of drug-likeness (QED) is 0.504. The van der Waals surface area contributed by atoms with Gasteiger partial charge in [0.05, 0.1) is 0 Å². The van der Waals surface area contributed by atoms with Crippen molar-refractivity contribution >= 4 is 28.6 Å². The van der Waals surface area contributed by atoms with Gasteiger partial charge in [-0.1, -0.05) is 30.7 Å². The Morgan fingerprint density at radius 2 is 1.48 bits per heavy atom. The molecule has 5 nitrogen and oxygen atoms in total. The van der Waals surface area contributed by atoms with Crippen molar-refractivity contribution in [3.63, 3.8) is 0 Å². The van der Waals surface area contributed by atoms with Crippen molar-refractivity contribution in [2.75, 3.05) is 16.4 Å². The van der Waals surface area contributed by atoms with E-state index in [4.69, 9.17) is 14.7 Å². The third-order valence-electron chi connectivity index (χ3n) is 6.22. The van der Waals surface area contributed by atoms with Crippen molar-refractivity contribution in [2.45, 2.75) is 41.0 Å². The molecule has 0 spiro atoms. The second-order valence-corrected chi connectivity index (χ2v) is 8.44. The number of benzene rings is 2. The second kappa shape index (κ2) is 7.50. The monoisotopic (exact) mass is 412 g/mol. The number of fused-ring (bicyclic) bond motifs is 1. The van der Waals surface area contributed by atoms with Gasteiger partial charge in [-0.05, 0) is 74.2 Å². The van der Waals surface area contributed by atoms with E-state index in [0.29, 0.717) is 12.5 Å². The maximum absolute atomic E-state index is 6.32. The molecular formula is C26H28N4O. The molecule has 0 fully saturated rings. The van der Waals surface area contributed by atoms with E-state index in [9.17, 15) is 0 Å². The first-order chi connectivity index (χ1) is 15.0. The van der Waals surface area contributed by atoms with Crippen LogP contribution in [0, 0.1) is 19.8 Å². The van der Waals surface area contributed by atoms with Crippen LogP contribution in [-0.4, -0.2) is 22.9 Å². The molecule has 2 aromatic carbocycles. The highest BCUT2D eigenvalue weighted by molar-refractivity contribution is 5.88. The Morgan fingerprint density at radius 1 is 0.871 bits per heavy atom. The summed E-state index contributed by atoms with van der Waals surface area (Å²) in [6.07, 6.45) is 3.14. The number of anilines is 4. The lowest BCUT2D eigenvalue weighted by Gasteiger charge is -2.32. The molecule has 0 bridgehead atoms. The van der Waals surface area contributed by atoms with Crippen molar-refractivity contribution in [3.05, 3.63) is 77.1 Å². The van der Waals surface area contributed by atoms with Gasteiger partial charge in [-0.15, -0.1) is 0 Å². The zero-order valence-electron chi connectivity index (χ0n) is 18.8. The minimum atomic E-state index is -0.356. The highest BCUT2D eigenvalue weighted by atomic mass is 16.5. The number of rotatable bonds is 5. The van der Waals surface area contributed by atoms with Gasteiger partial charge in [0, 0.05) is 36.3 Å². The van der Waals surface area contributed by atoms with Gasteiger partial charge in [-0.2, -0.15) is 0 Å². The van der Waals surface area contributed by atoms with E-state index < -0.39 is 0 Å². The molecule has 1 aliphatic heterocycles. The van der Waals surface area contributed by atoms with Crippen LogP contribution in [0.15, 0.2) is 60.4 Å². The van der Waals surface area contributed by atoms with Crippen molar-refractivity contribution < 1.29 is 4.74 Å². The predicted octanol–water partition coefficient (Wildman–Crippen LogP) is 6.13. The number of allylic oxidation sites excluding steroid dienone is 2. The zero-order chi connectivity index (χ0) is 21.7. The van der Waals surface area contributed by atoms with E-state index >= 15 is 0 Å². The number of hydrogen-bond acceptors (Lipinski definition) is 5. The molecule has 5 rings (SSSR count). The summed E-state index contributed by atoms with van der Waals surface area (Å²) in [5.74, 6) is 2.19. The molecule has 2 atom stereocenters. The topological polar surface area (TPSA) is 41.5 Å². The normalized spacial score (nSPS) is 19.8. The fourth-order valence-electron chi connectivity index (χ4n) is 4.66. The van der Waals surface area contributed by atoms with Crippen LogP contribution in [0.5, 0.6) is 0 Å². The Labute approximate surface area is 184 Å². The van der Waals surface area contributed by atoms with E-state index in [1.54, 1.807) is 12.4 Å². The van der Waals surface area contributed by atoms with E-state index in [-0.39, 0.29) is 6.35 Å². The molecule has 3 aromatic rings. The molecule has 0 saturated heterocycles. The average molecular weight is 413 g/mol. The first-order valence-corrected chi connectivity index (χ1v) is 10.9. The highest BCUT2D eigenvalue weighted by Crippen LogP contribution is 2.49. The first-order valence-electron chi connectivity index (χ1n) is 10.9.